The minimum Gasteiger partial charge on any atom is -0.325 e. The molecule has 0 amide bonds. The Hall–Kier alpha value is -1.37. The summed E-state index contributed by atoms with van der Waals surface area (Å²) < 4.78 is 0.645. The van der Waals surface area contributed by atoms with Crippen molar-refractivity contribution in [2.24, 2.45) is 0 Å². The van der Waals surface area contributed by atoms with Crippen molar-refractivity contribution in [3.05, 3.63) is 50.1 Å². The van der Waals surface area contributed by atoms with Crippen molar-refractivity contribution in [2.45, 2.75) is 12.8 Å². The average molecular weight is 353 g/mol. The van der Waals surface area contributed by atoms with Gasteiger partial charge in [0.15, 0.2) is 5.82 Å². The highest BCUT2D eigenvalue weighted by Gasteiger charge is 2.21. The van der Waals surface area contributed by atoms with Gasteiger partial charge < -0.3 is 9.88 Å². The smallest absolute Gasteiger partial charge is 0.266 e. The molecule has 0 bridgehead atoms. The lowest BCUT2D eigenvalue weighted by molar-refractivity contribution is 0.756. The van der Waals surface area contributed by atoms with Crippen LogP contribution in [-0.2, 0) is 6.42 Å². The number of fused-ring (bicyclic) bond motifs is 1. The Morgan fingerprint density at radius 1 is 1.33 bits per heavy atom. The van der Waals surface area contributed by atoms with E-state index in [4.69, 9.17) is 0 Å². The maximum Gasteiger partial charge on any atom is 0.266 e. The van der Waals surface area contributed by atoms with Crippen LogP contribution in [-0.4, -0.2) is 16.5 Å². The number of halogens is 1. The lowest BCUT2D eigenvalue weighted by Crippen LogP contribution is -2.28. The van der Waals surface area contributed by atoms with E-state index in [0.29, 0.717) is 3.57 Å². The molecule has 18 heavy (non-hydrogen) atoms. The molecule has 1 aliphatic heterocycles. The van der Waals surface area contributed by atoms with Gasteiger partial charge in [-0.2, -0.15) is 0 Å². The minimum atomic E-state index is -0.0799. The van der Waals surface area contributed by atoms with Crippen molar-refractivity contribution < 1.29 is 0 Å². The van der Waals surface area contributed by atoms with Crippen molar-refractivity contribution in [1.29, 1.82) is 0 Å². The standard InChI is InChI=1S/C13H12IN3O/c14-11-12(15-8-16-13(11)18)17-7-3-5-9-4-1-2-6-10(9)17/h1-2,4,6,8H,3,5,7H2,(H,15,16,18). The van der Waals surface area contributed by atoms with Crippen LogP contribution in [0.25, 0.3) is 0 Å². The summed E-state index contributed by atoms with van der Waals surface area (Å²) in [6.07, 6.45) is 3.64. The highest BCUT2D eigenvalue weighted by Crippen LogP contribution is 2.33. The number of rotatable bonds is 1. The van der Waals surface area contributed by atoms with Crippen LogP contribution in [0.1, 0.15) is 12.0 Å². The fraction of sp³-hybridized carbons (Fsp3) is 0.231. The number of benzene rings is 1. The SMILES string of the molecule is O=c1[nH]cnc(N2CCCc3ccccc32)c1I. The number of nitrogens with zero attached hydrogens (tertiary/aromatic N) is 2. The highest BCUT2D eigenvalue weighted by atomic mass is 127. The fourth-order valence-corrected chi connectivity index (χ4v) is 2.90. The summed E-state index contributed by atoms with van der Waals surface area (Å²) in [7, 11) is 0. The zero-order valence-electron chi connectivity index (χ0n) is 9.69. The van der Waals surface area contributed by atoms with Gasteiger partial charge in [0.1, 0.15) is 3.57 Å². The number of H-pyrrole nitrogens is 1. The Labute approximate surface area is 118 Å². The third kappa shape index (κ3) is 1.92. The summed E-state index contributed by atoms with van der Waals surface area (Å²) in [6.45, 7) is 0.906. The number of aryl methyl sites for hydroxylation is 1. The van der Waals surface area contributed by atoms with Crippen LogP contribution >= 0.6 is 22.6 Å². The summed E-state index contributed by atoms with van der Waals surface area (Å²) in [6, 6.07) is 8.31. The number of nitrogens with one attached hydrogen (secondary N) is 1. The third-order valence-corrected chi connectivity index (χ3v) is 4.12. The van der Waals surface area contributed by atoms with E-state index >= 15 is 0 Å². The molecule has 0 unspecified atom stereocenters. The van der Waals surface area contributed by atoms with Gasteiger partial charge in [-0.25, -0.2) is 4.98 Å². The third-order valence-electron chi connectivity index (χ3n) is 3.14. The van der Waals surface area contributed by atoms with Gasteiger partial charge in [-0.3, -0.25) is 4.79 Å². The van der Waals surface area contributed by atoms with Gasteiger partial charge >= 0.3 is 0 Å². The molecule has 1 aromatic carbocycles. The molecule has 0 fully saturated rings. The first kappa shape index (κ1) is 11.7. The highest BCUT2D eigenvalue weighted by molar-refractivity contribution is 14.1. The molecule has 0 radical (unpaired) electrons. The van der Waals surface area contributed by atoms with Crippen molar-refractivity contribution in [2.75, 3.05) is 11.4 Å². The van der Waals surface area contributed by atoms with Crippen molar-refractivity contribution in [1.82, 2.24) is 9.97 Å². The van der Waals surface area contributed by atoms with E-state index in [1.165, 1.54) is 17.6 Å². The number of anilines is 2. The Kier molecular flexibility index (Phi) is 3.07. The van der Waals surface area contributed by atoms with Crippen molar-refractivity contribution in [3.63, 3.8) is 0 Å². The Morgan fingerprint density at radius 2 is 2.17 bits per heavy atom. The predicted molar refractivity (Wildman–Crippen MR) is 79.3 cm³/mol. The number of para-hydroxylation sites is 1. The first-order chi connectivity index (χ1) is 8.77. The number of hydrogen-bond acceptors (Lipinski definition) is 3. The van der Waals surface area contributed by atoms with Gasteiger partial charge in [-0.05, 0) is 47.1 Å². The molecule has 0 saturated heterocycles. The second-order valence-electron chi connectivity index (χ2n) is 4.25. The van der Waals surface area contributed by atoms with Gasteiger partial charge in [0.2, 0.25) is 0 Å². The largest absolute Gasteiger partial charge is 0.325 e. The molecule has 4 nitrogen and oxygen atoms in total. The lowest BCUT2D eigenvalue weighted by atomic mass is 10.0. The second kappa shape index (κ2) is 4.72. The zero-order valence-corrected chi connectivity index (χ0v) is 11.8. The molecule has 92 valence electrons. The van der Waals surface area contributed by atoms with Crippen LogP contribution in [0, 0.1) is 3.57 Å². The van der Waals surface area contributed by atoms with Gasteiger partial charge in [-0.1, -0.05) is 18.2 Å². The van der Waals surface area contributed by atoms with Crippen LogP contribution in [0.2, 0.25) is 0 Å². The molecule has 0 saturated carbocycles. The van der Waals surface area contributed by atoms with Crippen LogP contribution < -0.4 is 10.5 Å². The van der Waals surface area contributed by atoms with E-state index in [9.17, 15) is 4.79 Å². The van der Waals surface area contributed by atoms with E-state index in [1.807, 2.05) is 6.07 Å². The molecule has 1 aromatic heterocycles. The Balaban J connectivity index is 2.14. The molecule has 1 aliphatic rings. The van der Waals surface area contributed by atoms with Crippen LogP contribution in [0.15, 0.2) is 35.4 Å². The number of aromatic nitrogens is 2. The molecule has 0 aliphatic carbocycles. The number of aromatic amines is 1. The predicted octanol–water partition coefficient (Wildman–Crippen LogP) is 2.46. The molecular formula is C13H12IN3O. The molecule has 0 atom stereocenters. The van der Waals surface area contributed by atoms with Crippen LogP contribution in [0.4, 0.5) is 11.5 Å². The molecule has 2 aromatic rings. The summed E-state index contributed by atoms with van der Waals surface area (Å²) in [5.74, 6) is 0.756. The quantitative estimate of drug-likeness (QED) is 0.802. The molecule has 0 spiro atoms. The van der Waals surface area contributed by atoms with Crippen LogP contribution in [0.5, 0.6) is 0 Å². The monoisotopic (exact) mass is 353 g/mol. The summed E-state index contributed by atoms with van der Waals surface area (Å²) in [4.78, 5) is 20.7. The number of hydrogen-bond donors (Lipinski definition) is 1. The van der Waals surface area contributed by atoms with E-state index < -0.39 is 0 Å². The van der Waals surface area contributed by atoms with Crippen LogP contribution in [0.3, 0.4) is 0 Å². The maximum absolute atomic E-state index is 11.7. The average Bonchev–Trinajstić information content (AvgIpc) is 2.41. The summed E-state index contributed by atoms with van der Waals surface area (Å²) in [5, 5.41) is 0. The molecule has 3 rings (SSSR count). The van der Waals surface area contributed by atoms with E-state index in [0.717, 1.165) is 25.2 Å². The fourth-order valence-electron chi connectivity index (χ4n) is 2.32. The Morgan fingerprint density at radius 3 is 3.06 bits per heavy atom. The summed E-state index contributed by atoms with van der Waals surface area (Å²) >= 11 is 2.06. The molecule has 2 heterocycles. The van der Waals surface area contributed by atoms with Crippen molar-refractivity contribution >= 4 is 34.1 Å². The molecule has 5 heteroatoms. The first-order valence-electron chi connectivity index (χ1n) is 5.86. The van der Waals surface area contributed by atoms with E-state index in [-0.39, 0.29) is 5.56 Å². The Bertz CT molecular complexity index is 638. The lowest BCUT2D eigenvalue weighted by Gasteiger charge is -2.30. The molecule has 1 N–H and O–H groups in total. The van der Waals surface area contributed by atoms with Gasteiger partial charge in [0, 0.05) is 12.2 Å². The van der Waals surface area contributed by atoms with E-state index in [2.05, 4.69) is 55.7 Å². The van der Waals surface area contributed by atoms with E-state index in [1.54, 1.807) is 0 Å². The maximum atomic E-state index is 11.7. The van der Waals surface area contributed by atoms with Gasteiger partial charge in [0.05, 0.1) is 6.33 Å². The van der Waals surface area contributed by atoms with Crippen molar-refractivity contribution in [3.8, 4) is 0 Å². The first-order valence-corrected chi connectivity index (χ1v) is 6.94. The molecular weight excluding hydrogens is 341 g/mol. The summed E-state index contributed by atoms with van der Waals surface area (Å²) in [5.41, 5.74) is 2.41. The topological polar surface area (TPSA) is 49.0 Å². The minimum absolute atomic E-state index is 0.0799. The normalized spacial score (nSPS) is 14.4. The van der Waals surface area contributed by atoms with Gasteiger partial charge in [-0.15, -0.1) is 0 Å². The second-order valence-corrected chi connectivity index (χ2v) is 5.33. The zero-order chi connectivity index (χ0) is 12.5. The van der Waals surface area contributed by atoms with Gasteiger partial charge in [0.25, 0.3) is 5.56 Å².